The van der Waals surface area contributed by atoms with Crippen LogP contribution in [0.25, 0.3) is 20.7 Å². The number of halogens is 1. The summed E-state index contributed by atoms with van der Waals surface area (Å²) >= 11 is 9.30. The number of nitrogens with zero attached hydrogens (tertiary/aromatic N) is 3. The number of aromatic amines is 1. The van der Waals surface area contributed by atoms with Crippen LogP contribution in [-0.4, -0.2) is 41.0 Å². The number of nitrogens with one attached hydrogen (secondary N) is 1. The van der Waals surface area contributed by atoms with Crippen molar-refractivity contribution in [2.24, 2.45) is 0 Å². The van der Waals surface area contributed by atoms with Gasteiger partial charge in [-0.25, -0.2) is 4.98 Å². The summed E-state index contributed by atoms with van der Waals surface area (Å²) in [6.45, 7) is 4.34. The summed E-state index contributed by atoms with van der Waals surface area (Å²) in [5.74, 6) is 0.735. The SMILES string of the molecule is O=c1[nH]c(CN2CCN(c3cccc(Cl)c3)CC2)nc2scc(-c3cccs3)c12. The third-order valence-electron chi connectivity index (χ3n) is 5.20. The van der Waals surface area contributed by atoms with Crippen LogP contribution >= 0.6 is 34.3 Å². The van der Waals surface area contributed by atoms with E-state index in [1.807, 2.05) is 41.1 Å². The molecular weight excluding hydrogens is 424 g/mol. The lowest BCUT2D eigenvalue weighted by molar-refractivity contribution is 0.244. The topological polar surface area (TPSA) is 52.2 Å². The molecule has 0 atom stereocenters. The number of hydrogen-bond donors (Lipinski definition) is 1. The molecule has 29 heavy (non-hydrogen) atoms. The van der Waals surface area contributed by atoms with Crippen LogP contribution in [0.5, 0.6) is 0 Å². The molecule has 148 valence electrons. The fraction of sp³-hybridized carbons (Fsp3) is 0.238. The van der Waals surface area contributed by atoms with E-state index in [0.29, 0.717) is 11.9 Å². The summed E-state index contributed by atoms with van der Waals surface area (Å²) in [4.78, 5) is 27.1. The first kappa shape index (κ1) is 18.8. The van der Waals surface area contributed by atoms with Gasteiger partial charge in [0.2, 0.25) is 0 Å². The zero-order chi connectivity index (χ0) is 19.8. The van der Waals surface area contributed by atoms with Crippen LogP contribution in [0.1, 0.15) is 5.82 Å². The molecule has 5 nitrogen and oxygen atoms in total. The average molecular weight is 443 g/mol. The van der Waals surface area contributed by atoms with Gasteiger partial charge < -0.3 is 9.88 Å². The Morgan fingerprint density at radius 1 is 1.10 bits per heavy atom. The van der Waals surface area contributed by atoms with Crippen molar-refractivity contribution in [1.29, 1.82) is 0 Å². The molecule has 0 saturated carbocycles. The summed E-state index contributed by atoms with van der Waals surface area (Å²) in [6, 6.07) is 12.0. The van der Waals surface area contributed by atoms with Crippen molar-refractivity contribution in [2.75, 3.05) is 31.1 Å². The lowest BCUT2D eigenvalue weighted by Crippen LogP contribution is -2.46. The summed E-state index contributed by atoms with van der Waals surface area (Å²) < 4.78 is 0. The normalized spacial score (nSPS) is 15.3. The molecule has 8 heteroatoms. The number of hydrogen-bond acceptors (Lipinski definition) is 6. The predicted molar refractivity (Wildman–Crippen MR) is 122 cm³/mol. The monoisotopic (exact) mass is 442 g/mol. The molecule has 0 unspecified atom stereocenters. The van der Waals surface area contributed by atoms with Crippen LogP contribution in [0.3, 0.4) is 0 Å². The number of thiophene rings is 2. The number of aromatic nitrogens is 2. The van der Waals surface area contributed by atoms with Crippen molar-refractivity contribution in [3.63, 3.8) is 0 Å². The highest BCUT2D eigenvalue weighted by atomic mass is 35.5. The van der Waals surface area contributed by atoms with E-state index in [0.717, 1.165) is 58.0 Å². The smallest absolute Gasteiger partial charge is 0.260 e. The van der Waals surface area contributed by atoms with Crippen molar-refractivity contribution < 1.29 is 0 Å². The highest BCUT2D eigenvalue weighted by Crippen LogP contribution is 2.33. The molecule has 0 spiro atoms. The molecular formula is C21H19ClN4OS2. The van der Waals surface area contributed by atoms with Crippen LogP contribution in [0.15, 0.2) is 52.0 Å². The van der Waals surface area contributed by atoms with Gasteiger partial charge in [-0.15, -0.1) is 22.7 Å². The molecule has 1 aliphatic heterocycles. The average Bonchev–Trinajstić information content (AvgIpc) is 3.38. The Labute approximate surface area is 181 Å². The number of benzene rings is 1. The molecule has 3 aromatic heterocycles. The fourth-order valence-corrected chi connectivity index (χ4v) is 5.70. The Morgan fingerprint density at radius 3 is 2.72 bits per heavy atom. The van der Waals surface area contributed by atoms with Crippen LogP contribution < -0.4 is 10.5 Å². The summed E-state index contributed by atoms with van der Waals surface area (Å²) in [5, 5.41) is 5.52. The standard InChI is InChI=1S/C21H19ClN4OS2/c22-14-3-1-4-15(11-14)26-8-6-25(7-9-26)12-18-23-20(27)19-16(13-29-21(19)24-18)17-5-2-10-28-17/h1-5,10-11,13H,6-9,12H2,(H,23,24,27). The molecule has 4 aromatic rings. The Kier molecular flexibility index (Phi) is 5.13. The van der Waals surface area contributed by atoms with E-state index < -0.39 is 0 Å². The fourth-order valence-electron chi connectivity index (χ4n) is 3.73. The molecule has 5 rings (SSSR count). The minimum Gasteiger partial charge on any atom is -0.369 e. The van der Waals surface area contributed by atoms with Crippen molar-refractivity contribution >= 4 is 50.2 Å². The first-order valence-electron chi connectivity index (χ1n) is 9.44. The minimum absolute atomic E-state index is 0.0489. The second kappa shape index (κ2) is 7.91. The lowest BCUT2D eigenvalue weighted by Gasteiger charge is -2.35. The van der Waals surface area contributed by atoms with Gasteiger partial charge in [-0.2, -0.15) is 0 Å². The second-order valence-electron chi connectivity index (χ2n) is 7.06. The molecule has 1 saturated heterocycles. The van der Waals surface area contributed by atoms with E-state index in [-0.39, 0.29) is 5.56 Å². The summed E-state index contributed by atoms with van der Waals surface area (Å²) in [5.41, 5.74) is 2.09. The Morgan fingerprint density at radius 2 is 1.97 bits per heavy atom. The van der Waals surface area contributed by atoms with E-state index in [2.05, 4.69) is 20.9 Å². The number of rotatable bonds is 4. The van der Waals surface area contributed by atoms with Crippen LogP contribution in [0.4, 0.5) is 5.69 Å². The molecule has 0 aliphatic carbocycles. The van der Waals surface area contributed by atoms with Gasteiger partial charge in [0.15, 0.2) is 0 Å². The van der Waals surface area contributed by atoms with Gasteiger partial charge in [-0.3, -0.25) is 9.69 Å². The van der Waals surface area contributed by atoms with Crippen LogP contribution in [0.2, 0.25) is 5.02 Å². The maximum absolute atomic E-state index is 12.8. The Balaban J connectivity index is 1.31. The molecule has 1 N–H and O–H groups in total. The van der Waals surface area contributed by atoms with Crippen molar-refractivity contribution in [1.82, 2.24) is 14.9 Å². The third kappa shape index (κ3) is 3.83. The predicted octanol–water partition coefficient (Wildman–Crippen LogP) is 4.69. The maximum atomic E-state index is 12.8. The zero-order valence-electron chi connectivity index (χ0n) is 15.6. The molecule has 1 aromatic carbocycles. The van der Waals surface area contributed by atoms with E-state index in [1.165, 1.54) is 11.3 Å². The molecule has 1 fully saturated rings. The molecule has 0 amide bonds. The molecule has 0 bridgehead atoms. The number of anilines is 1. The van der Waals surface area contributed by atoms with Gasteiger partial charge in [0.1, 0.15) is 10.7 Å². The number of fused-ring (bicyclic) bond motifs is 1. The van der Waals surface area contributed by atoms with Gasteiger partial charge in [-0.05, 0) is 29.6 Å². The highest BCUT2D eigenvalue weighted by Gasteiger charge is 2.19. The molecule has 1 aliphatic rings. The van der Waals surface area contributed by atoms with E-state index in [1.54, 1.807) is 11.3 Å². The largest absolute Gasteiger partial charge is 0.369 e. The quantitative estimate of drug-likeness (QED) is 0.498. The first-order chi connectivity index (χ1) is 14.2. The van der Waals surface area contributed by atoms with Gasteiger partial charge in [0, 0.05) is 52.7 Å². The maximum Gasteiger partial charge on any atom is 0.260 e. The second-order valence-corrected chi connectivity index (χ2v) is 9.30. The van der Waals surface area contributed by atoms with E-state index >= 15 is 0 Å². The lowest BCUT2D eigenvalue weighted by atomic mass is 10.2. The van der Waals surface area contributed by atoms with Crippen molar-refractivity contribution in [3.05, 3.63) is 68.4 Å². The van der Waals surface area contributed by atoms with E-state index in [9.17, 15) is 4.79 Å². The summed E-state index contributed by atoms with van der Waals surface area (Å²) in [7, 11) is 0. The van der Waals surface area contributed by atoms with Gasteiger partial charge in [-0.1, -0.05) is 23.7 Å². The Hall–Kier alpha value is -2.19. The van der Waals surface area contributed by atoms with E-state index in [4.69, 9.17) is 16.6 Å². The van der Waals surface area contributed by atoms with Crippen molar-refractivity contribution in [2.45, 2.75) is 6.54 Å². The zero-order valence-corrected chi connectivity index (χ0v) is 18.0. The number of piperazine rings is 1. The number of H-pyrrole nitrogens is 1. The molecule has 4 heterocycles. The highest BCUT2D eigenvalue weighted by molar-refractivity contribution is 7.18. The van der Waals surface area contributed by atoms with Crippen LogP contribution in [0, 0.1) is 0 Å². The Bertz CT molecular complexity index is 1190. The summed E-state index contributed by atoms with van der Waals surface area (Å²) in [6.07, 6.45) is 0. The first-order valence-corrected chi connectivity index (χ1v) is 11.6. The van der Waals surface area contributed by atoms with Gasteiger partial charge in [0.05, 0.1) is 11.9 Å². The third-order valence-corrected chi connectivity index (χ3v) is 7.21. The molecule has 0 radical (unpaired) electrons. The minimum atomic E-state index is -0.0489. The van der Waals surface area contributed by atoms with Crippen LogP contribution in [-0.2, 0) is 6.54 Å². The van der Waals surface area contributed by atoms with Gasteiger partial charge >= 0.3 is 0 Å². The van der Waals surface area contributed by atoms with Crippen molar-refractivity contribution in [3.8, 4) is 10.4 Å². The van der Waals surface area contributed by atoms with Gasteiger partial charge in [0.25, 0.3) is 5.56 Å².